The molecule has 0 amide bonds. The van der Waals surface area contributed by atoms with Gasteiger partial charge in [0.1, 0.15) is 5.75 Å². The van der Waals surface area contributed by atoms with E-state index in [2.05, 4.69) is 4.18 Å². The fraction of sp³-hybridized carbons (Fsp3) is 0.500. The fourth-order valence-corrected chi connectivity index (χ4v) is 1.73. The van der Waals surface area contributed by atoms with Gasteiger partial charge in [0.15, 0.2) is 0 Å². The van der Waals surface area contributed by atoms with E-state index < -0.39 is 10.1 Å². The lowest BCUT2D eigenvalue weighted by molar-refractivity contribution is 0.252. The summed E-state index contributed by atoms with van der Waals surface area (Å²) in [6, 6.07) is 7.69. The zero-order valence-corrected chi connectivity index (χ0v) is 11.7. The molecule has 0 radical (unpaired) electrons. The van der Waals surface area contributed by atoms with Gasteiger partial charge >= 0.3 is 0 Å². The van der Waals surface area contributed by atoms with Crippen molar-refractivity contribution in [3.05, 3.63) is 24.3 Å². The normalized spacial score (nSPS) is 11.3. The molecule has 0 aliphatic carbocycles. The molecule has 1 aromatic carbocycles. The summed E-state index contributed by atoms with van der Waals surface area (Å²) in [5.74, 6) is 0.764. The van der Waals surface area contributed by atoms with Gasteiger partial charge in [0.25, 0.3) is 10.1 Å². The van der Waals surface area contributed by atoms with E-state index in [-0.39, 0.29) is 6.61 Å². The Morgan fingerprint density at radius 2 is 1.94 bits per heavy atom. The van der Waals surface area contributed by atoms with Crippen LogP contribution in [0.1, 0.15) is 6.42 Å². The first-order chi connectivity index (χ1) is 8.38. The topological polar surface area (TPSA) is 55.8 Å². The summed E-state index contributed by atoms with van der Waals surface area (Å²) in [7, 11) is 0.565. The minimum Gasteiger partial charge on any atom is -0.493 e. The van der Waals surface area contributed by atoms with Crippen LogP contribution in [0.2, 0.25) is 0 Å². The maximum absolute atomic E-state index is 10.7. The van der Waals surface area contributed by atoms with Crippen LogP contribution in [0.4, 0.5) is 5.69 Å². The Labute approximate surface area is 108 Å². The predicted molar refractivity (Wildman–Crippen MR) is 71.7 cm³/mol. The van der Waals surface area contributed by atoms with Crippen LogP contribution in [-0.4, -0.2) is 42.0 Å². The maximum Gasteiger partial charge on any atom is 0.264 e. The number of nitrogens with zero attached hydrogens (tertiary/aromatic N) is 1. The molecular formula is C12H19NO4S. The average molecular weight is 273 g/mol. The van der Waals surface area contributed by atoms with Gasteiger partial charge in [-0.25, -0.2) is 0 Å². The van der Waals surface area contributed by atoms with Crippen molar-refractivity contribution >= 4 is 15.8 Å². The van der Waals surface area contributed by atoms with E-state index in [0.717, 1.165) is 17.7 Å². The van der Waals surface area contributed by atoms with Crippen molar-refractivity contribution < 1.29 is 17.3 Å². The van der Waals surface area contributed by atoms with E-state index in [1.54, 1.807) is 0 Å². The molecule has 0 bridgehead atoms. The summed E-state index contributed by atoms with van der Waals surface area (Å²) < 4.78 is 31.6. The monoisotopic (exact) mass is 273 g/mol. The Kier molecular flexibility index (Phi) is 5.43. The van der Waals surface area contributed by atoms with Gasteiger partial charge in [0, 0.05) is 32.3 Å². The van der Waals surface area contributed by atoms with E-state index in [1.165, 1.54) is 0 Å². The molecule has 0 aliphatic rings. The van der Waals surface area contributed by atoms with Crippen LogP contribution in [0.3, 0.4) is 0 Å². The SMILES string of the molecule is CN(C)c1cccc(OCCCOS(C)(=O)=O)c1. The summed E-state index contributed by atoms with van der Waals surface area (Å²) in [5, 5.41) is 0. The molecule has 0 N–H and O–H groups in total. The lowest BCUT2D eigenvalue weighted by atomic mass is 10.3. The Morgan fingerprint density at radius 1 is 1.22 bits per heavy atom. The summed E-state index contributed by atoms with van der Waals surface area (Å²) >= 11 is 0. The predicted octanol–water partition coefficient (Wildman–Crippen LogP) is 1.50. The number of rotatable bonds is 7. The molecule has 5 nitrogen and oxygen atoms in total. The Bertz CT molecular complexity index is 471. The maximum atomic E-state index is 10.7. The lowest BCUT2D eigenvalue weighted by Gasteiger charge is -2.14. The molecule has 0 aliphatic heterocycles. The first-order valence-corrected chi connectivity index (χ1v) is 7.45. The molecule has 1 aromatic rings. The highest BCUT2D eigenvalue weighted by molar-refractivity contribution is 7.85. The third-order valence-electron chi connectivity index (χ3n) is 2.19. The molecule has 0 spiro atoms. The van der Waals surface area contributed by atoms with Crippen LogP contribution >= 0.6 is 0 Å². The van der Waals surface area contributed by atoms with Crippen LogP contribution in [-0.2, 0) is 14.3 Å². The van der Waals surface area contributed by atoms with E-state index >= 15 is 0 Å². The molecule has 0 atom stereocenters. The van der Waals surface area contributed by atoms with Gasteiger partial charge in [-0.2, -0.15) is 8.42 Å². The quantitative estimate of drug-likeness (QED) is 0.556. The van der Waals surface area contributed by atoms with Crippen molar-refractivity contribution in [2.45, 2.75) is 6.42 Å². The number of ether oxygens (including phenoxy) is 1. The van der Waals surface area contributed by atoms with Gasteiger partial charge in [-0.1, -0.05) is 6.07 Å². The van der Waals surface area contributed by atoms with Crippen molar-refractivity contribution in [2.24, 2.45) is 0 Å². The van der Waals surface area contributed by atoms with Crippen LogP contribution in [0.25, 0.3) is 0 Å². The second-order valence-electron chi connectivity index (χ2n) is 4.12. The number of hydrogen-bond acceptors (Lipinski definition) is 5. The van der Waals surface area contributed by atoms with Gasteiger partial charge in [0.05, 0.1) is 19.5 Å². The third kappa shape index (κ3) is 5.88. The first kappa shape index (κ1) is 14.8. The summed E-state index contributed by atoms with van der Waals surface area (Å²) in [4.78, 5) is 1.99. The molecule has 0 saturated carbocycles. The molecule has 0 saturated heterocycles. The molecule has 6 heteroatoms. The van der Waals surface area contributed by atoms with Crippen molar-refractivity contribution in [3.8, 4) is 5.75 Å². The van der Waals surface area contributed by atoms with Gasteiger partial charge in [-0.15, -0.1) is 0 Å². The zero-order chi connectivity index (χ0) is 13.6. The molecule has 102 valence electrons. The van der Waals surface area contributed by atoms with Gasteiger partial charge in [0.2, 0.25) is 0 Å². The standard InChI is InChI=1S/C12H19NO4S/c1-13(2)11-6-4-7-12(10-11)16-8-5-9-17-18(3,14)15/h4,6-7,10H,5,8-9H2,1-3H3. The largest absolute Gasteiger partial charge is 0.493 e. The van der Waals surface area contributed by atoms with Gasteiger partial charge < -0.3 is 9.64 Å². The zero-order valence-electron chi connectivity index (χ0n) is 10.9. The minimum absolute atomic E-state index is 0.145. The van der Waals surface area contributed by atoms with Crippen molar-refractivity contribution in [1.82, 2.24) is 0 Å². The van der Waals surface area contributed by atoms with E-state index in [0.29, 0.717) is 13.0 Å². The van der Waals surface area contributed by atoms with E-state index in [9.17, 15) is 8.42 Å². The first-order valence-electron chi connectivity index (χ1n) is 5.63. The van der Waals surface area contributed by atoms with Gasteiger partial charge in [-0.05, 0) is 12.1 Å². The molecule has 0 unspecified atom stereocenters. The number of hydrogen-bond donors (Lipinski definition) is 0. The van der Waals surface area contributed by atoms with Crippen LogP contribution < -0.4 is 9.64 Å². The molecule has 0 aromatic heterocycles. The second-order valence-corrected chi connectivity index (χ2v) is 5.76. The fourth-order valence-electron chi connectivity index (χ4n) is 1.31. The number of anilines is 1. The minimum atomic E-state index is -3.35. The smallest absolute Gasteiger partial charge is 0.264 e. The van der Waals surface area contributed by atoms with Gasteiger partial charge in [-0.3, -0.25) is 4.18 Å². The molecular weight excluding hydrogens is 254 g/mol. The lowest BCUT2D eigenvalue weighted by Crippen LogP contribution is -2.09. The Hall–Kier alpha value is -1.27. The van der Waals surface area contributed by atoms with E-state index in [4.69, 9.17) is 4.74 Å². The average Bonchev–Trinajstić information content (AvgIpc) is 2.27. The Morgan fingerprint density at radius 3 is 2.56 bits per heavy atom. The van der Waals surface area contributed by atoms with Crippen LogP contribution in [0.15, 0.2) is 24.3 Å². The molecule has 1 rings (SSSR count). The highest BCUT2D eigenvalue weighted by atomic mass is 32.2. The highest BCUT2D eigenvalue weighted by Gasteiger charge is 2.02. The van der Waals surface area contributed by atoms with Crippen LogP contribution in [0, 0.1) is 0 Å². The van der Waals surface area contributed by atoms with Crippen molar-refractivity contribution in [3.63, 3.8) is 0 Å². The molecule has 0 fully saturated rings. The summed E-state index contributed by atoms with van der Waals surface area (Å²) in [5.41, 5.74) is 1.06. The van der Waals surface area contributed by atoms with Crippen molar-refractivity contribution in [1.29, 1.82) is 0 Å². The third-order valence-corrected chi connectivity index (χ3v) is 2.78. The second kappa shape index (κ2) is 6.61. The summed E-state index contributed by atoms with van der Waals surface area (Å²) in [6.45, 7) is 0.568. The highest BCUT2D eigenvalue weighted by Crippen LogP contribution is 2.19. The van der Waals surface area contributed by atoms with E-state index in [1.807, 2.05) is 43.3 Å². The Balaban J connectivity index is 2.33. The van der Waals surface area contributed by atoms with Crippen molar-refractivity contribution in [2.75, 3.05) is 38.5 Å². The number of benzene rings is 1. The molecule has 18 heavy (non-hydrogen) atoms. The molecule has 0 heterocycles. The summed E-state index contributed by atoms with van der Waals surface area (Å²) in [6.07, 6.45) is 1.56. The van der Waals surface area contributed by atoms with Crippen LogP contribution in [0.5, 0.6) is 5.75 Å².